The molecule has 1 N–H and O–H groups in total. The minimum atomic E-state index is -4.19. The summed E-state index contributed by atoms with van der Waals surface area (Å²) in [5.41, 5.74) is 0.855. The average molecular weight is 491 g/mol. The van der Waals surface area contributed by atoms with Gasteiger partial charge in [-0.05, 0) is 62.8 Å². The highest BCUT2D eigenvalue weighted by Crippen LogP contribution is 2.40. The van der Waals surface area contributed by atoms with E-state index in [2.05, 4.69) is 15.3 Å². The number of nitrogens with zero attached hydrogens (tertiary/aromatic N) is 3. The van der Waals surface area contributed by atoms with Gasteiger partial charge in [-0.3, -0.25) is 14.6 Å². The number of pyridine rings is 2. The lowest BCUT2D eigenvalue weighted by molar-refractivity contribution is -0.185. The molecule has 1 aliphatic carbocycles. The number of halogens is 3. The zero-order chi connectivity index (χ0) is 24.8. The molecule has 3 heterocycles. The Kier molecular flexibility index (Phi) is 7.87. The minimum absolute atomic E-state index is 0.00156. The smallest absolute Gasteiger partial charge is 0.391 e. The summed E-state index contributed by atoms with van der Waals surface area (Å²) in [5.74, 6) is -1.85. The van der Waals surface area contributed by atoms with Gasteiger partial charge in [-0.2, -0.15) is 13.2 Å². The number of hydrogen-bond donors (Lipinski definition) is 1. The van der Waals surface area contributed by atoms with E-state index in [0.29, 0.717) is 18.0 Å². The van der Waals surface area contributed by atoms with Gasteiger partial charge in [-0.25, -0.2) is 4.98 Å². The van der Waals surface area contributed by atoms with Gasteiger partial charge >= 0.3 is 6.18 Å². The molecular weight excluding hydrogens is 461 g/mol. The maximum absolute atomic E-state index is 13.1. The maximum atomic E-state index is 13.1. The van der Waals surface area contributed by atoms with Crippen LogP contribution in [-0.2, 0) is 11.3 Å². The fourth-order valence-electron chi connectivity index (χ4n) is 4.82. The normalized spacial score (nSPS) is 22.6. The number of ether oxygens (including phenoxy) is 1. The molecule has 7 nitrogen and oxygen atoms in total. The fourth-order valence-corrected chi connectivity index (χ4v) is 4.82. The predicted octanol–water partition coefficient (Wildman–Crippen LogP) is 4.15. The van der Waals surface area contributed by atoms with Gasteiger partial charge in [0.05, 0.1) is 24.2 Å². The van der Waals surface area contributed by atoms with E-state index < -0.39 is 18.0 Å². The third-order valence-corrected chi connectivity index (χ3v) is 6.77. The van der Waals surface area contributed by atoms with E-state index in [9.17, 15) is 22.8 Å². The van der Waals surface area contributed by atoms with Crippen LogP contribution in [-0.4, -0.2) is 52.1 Å². The first-order chi connectivity index (χ1) is 16.8. The molecule has 2 fully saturated rings. The number of likely N-dealkylation sites (tertiary alicyclic amines) is 1. The quantitative estimate of drug-likeness (QED) is 0.631. The molecule has 4 rings (SSSR count). The summed E-state index contributed by atoms with van der Waals surface area (Å²) in [5, 5.41) is 2.78. The fraction of sp³-hybridized carbons (Fsp3) is 0.520. The summed E-state index contributed by atoms with van der Waals surface area (Å²) in [6, 6.07) is 8.56. The van der Waals surface area contributed by atoms with E-state index in [-0.39, 0.29) is 62.4 Å². The predicted molar refractivity (Wildman–Crippen MR) is 121 cm³/mol. The standard InChI is InChI=1S/C25H29F3N4O3/c26-25(27,28)18-10-8-17(9-11-18)24(34)32-14-4-6-20(32)16-35-21-7-3-13-30-22(21)23(33)31-15-19-5-1-2-12-29-19/h1-3,5,7,12-13,17-18,20H,4,6,8-11,14-16H2,(H,31,33). The topological polar surface area (TPSA) is 84.4 Å². The molecule has 1 unspecified atom stereocenters. The molecule has 0 bridgehead atoms. The van der Waals surface area contributed by atoms with Crippen molar-refractivity contribution >= 4 is 11.8 Å². The SMILES string of the molecule is O=C(NCc1ccccn1)c1ncccc1OCC1CCCN1C(=O)C1CCC(C(F)(F)F)CC1. The Balaban J connectivity index is 1.33. The largest absolute Gasteiger partial charge is 0.489 e. The summed E-state index contributed by atoms with van der Waals surface area (Å²) >= 11 is 0. The summed E-state index contributed by atoms with van der Waals surface area (Å²) in [6.45, 7) is 1.00. The van der Waals surface area contributed by atoms with E-state index in [1.54, 1.807) is 35.4 Å². The molecule has 1 atom stereocenters. The Morgan fingerprint density at radius 2 is 1.80 bits per heavy atom. The van der Waals surface area contributed by atoms with Gasteiger partial charge in [0.2, 0.25) is 5.91 Å². The van der Waals surface area contributed by atoms with Gasteiger partial charge in [0, 0.05) is 24.9 Å². The van der Waals surface area contributed by atoms with Crippen molar-refractivity contribution in [2.24, 2.45) is 11.8 Å². The van der Waals surface area contributed by atoms with Crippen LogP contribution in [0.5, 0.6) is 5.75 Å². The molecule has 35 heavy (non-hydrogen) atoms. The monoisotopic (exact) mass is 490 g/mol. The average Bonchev–Trinajstić information content (AvgIpc) is 3.34. The van der Waals surface area contributed by atoms with Crippen molar-refractivity contribution in [1.82, 2.24) is 20.2 Å². The first-order valence-corrected chi connectivity index (χ1v) is 12.0. The number of aromatic nitrogens is 2. The van der Waals surface area contributed by atoms with Crippen molar-refractivity contribution in [2.45, 2.75) is 57.3 Å². The lowest BCUT2D eigenvalue weighted by Gasteiger charge is -2.33. The van der Waals surface area contributed by atoms with Crippen molar-refractivity contribution in [3.63, 3.8) is 0 Å². The number of carbonyl (C=O) groups excluding carboxylic acids is 2. The number of alkyl halides is 3. The molecule has 1 aliphatic heterocycles. The van der Waals surface area contributed by atoms with Crippen LogP contribution in [0.1, 0.15) is 54.7 Å². The van der Waals surface area contributed by atoms with Gasteiger partial charge in [-0.15, -0.1) is 0 Å². The Labute approximate surface area is 202 Å². The van der Waals surface area contributed by atoms with Gasteiger partial charge in [-0.1, -0.05) is 6.07 Å². The van der Waals surface area contributed by atoms with Crippen molar-refractivity contribution < 1.29 is 27.5 Å². The number of amides is 2. The summed E-state index contributed by atoms with van der Waals surface area (Å²) in [6.07, 6.45) is 1.03. The molecule has 188 valence electrons. The molecule has 2 aromatic rings. The highest BCUT2D eigenvalue weighted by molar-refractivity contribution is 5.94. The molecule has 0 radical (unpaired) electrons. The van der Waals surface area contributed by atoms with Crippen molar-refractivity contribution in [2.75, 3.05) is 13.2 Å². The van der Waals surface area contributed by atoms with E-state index >= 15 is 0 Å². The molecule has 0 aromatic carbocycles. The highest BCUT2D eigenvalue weighted by Gasteiger charge is 2.44. The highest BCUT2D eigenvalue weighted by atomic mass is 19.4. The zero-order valence-corrected chi connectivity index (χ0v) is 19.3. The van der Waals surface area contributed by atoms with Gasteiger partial charge in [0.15, 0.2) is 11.4 Å². The number of rotatable bonds is 7. The first kappa shape index (κ1) is 24.9. The third-order valence-electron chi connectivity index (χ3n) is 6.77. The van der Waals surface area contributed by atoms with Gasteiger partial charge in [0.25, 0.3) is 5.91 Å². The molecule has 1 saturated carbocycles. The maximum Gasteiger partial charge on any atom is 0.391 e. The molecule has 0 spiro atoms. The van der Waals surface area contributed by atoms with Crippen molar-refractivity contribution in [3.05, 3.63) is 54.1 Å². The number of carbonyl (C=O) groups is 2. The Hall–Kier alpha value is -3.17. The van der Waals surface area contributed by atoms with E-state index in [1.165, 1.54) is 6.20 Å². The molecule has 2 aliphatic rings. The minimum Gasteiger partial charge on any atom is -0.489 e. The Bertz CT molecular complexity index is 1010. The second-order valence-corrected chi connectivity index (χ2v) is 9.08. The van der Waals surface area contributed by atoms with Crippen LogP contribution in [0.3, 0.4) is 0 Å². The second kappa shape index (κ2) is 11.0. The van der Waals surface area contributed by atoms with Crippen LogP contribution in [0.25, 0.3) is 0 Å². The van der Waals surface area contributed by atoms with Crippen LogP contribution >= 0.6 is 0 Å². The molecular formula is C25H29F3N4O3. The van der Waals surface area contributed by atoms with Gasteiger partial charge < -0.3 is 15.0 Å². The van der Waals surface area contributed by atoms with Crippen LogP contribution in [0.4, 0.5) is 13.2 Å². The third kappa shape index (κ3) is 6.29. The zero-order valence-electron chi connectivity index (χ0n) is 19.3. The summed E-state index contributed by atoms with van der Waals surface area (Å²) in [4.78, 5) is 35.8. The molecule has 2 amide bonds. The molecule has 10 heteroatoms. The number of nitrogens with one attached hydrogen (secondary N) is 1. The van der Waals surface area contributed by atoms with Crippen molar-refractivity contribution in [3.8, 4) is 5.75 Å². The van der Waals surface area contributed by atoms with Crippen LogP contribution in [0.15, 0.2) is 42.7 Å². The van der Waals surface area contributed by atoms with Crippen molar-refractivity contribution in [1.29, 1.82) is 0 Å². The van der Waals surface area contributed by atoms with Crippen LogP contribution in [0, 0.1) is 11.8 Å². The molecule has 2 aromatic heterocycles. The number of hydrogen-bond acceptors (Lipinski definition) is 5. The lowest BCUT2D eigenvalue weighted by atomic mass is 9.81. The Morgan fingerprint density at radius 1 is 1.03 bits per heavy atom. The summed E-state index contributed by atoms with van der Waals surface area (Å²) in [7, 11) is 0. The Morgan fingerprint density at radius 3 is 2.51 bits per heavy atom. The first-order valence-electron chi connectivity index (χ1n) is 12.0. The van der Waals surface area contributed by atoms with Gasteiger partial charge in [0.1, 0.15) is 6.61 Å². The van der Waals surface area contributed by atoms with Crippen LogP contribution in [0.2, 0.25) is 0 Å². The second-order valence-electron chi connectivity index (χ2n) is 9.08. The van der Waals surface area contributed by atoms with Crippen LogP contribution < -0.4 is 10.1 Å². The summed E-state index contributed by atoms with van der Waals surface area (Å²) < 4.78 is 44.9. The van der Waals surface area contributed by atoms with E-state index in [1.807, 2.05) is 6.07 Å². The molecule has 1 saturated heterocycles. The lowest BCUT2D eigenvalue weighted by Crippen LogP contribution is -2.44. The van der Waals surface area contributed by atoms with E-state index in [4.69, 9.17) is 4.74 Å². The van der Waals surface area contributed by atoms with E-state index in [0.717, 1.165) is 12.8 Å².